The first-order valence-corrected chi connectivity index (χ1v) is 5.02. The zero-order chi connectivity index (χ0) is 11.9. The fourth-order valence-electron chi connectivity index (χ4n) is 0.876. The van der Waals surface area contributed by atoms with Crippen LogP contribution in [0.25, 0.3) is 0 Å². The Labute approximate surface area is 89.8 Å². The molecule has 88 valence electrons. The molecule has 0 aromatic rings. The summed E-state index contributed by atoms with van der Waals surface area (Å²) < 4.78 is 5.12. The third-order valence-corrected chi connectivity index (χ3v) is 1.81. The minimum Gasteiger partial charge on any atom is -0.480 e. The third kappa shape index (κ3) is 6.06. The minimum absolute atomic E-state index is 0.191. The van der Waals surface area contributed by atoms with Crippen molar-refractivity contribution in [2.45, 2.75) is 39.2 Å². The van der Waals surface area contributed by atoms with E-state index < -0.39 is 11.5 Å². The molecule has 0 aliphatic heterocycles. The number of aliphatic carboxylic acids is 1. The summed E-state index contributed by atoms with van der Waals surface area (Å²) in [5.41, 5.74) is -1.22. The number of hydrogen-bond acceptors (Lipinski definition) is 3. The van der Waals surface area contributed by atoms with E-state index in [1.165, 1.54) is 13.8 Å². The van der Waals surface area contributed by atoms with E-state index in [0.717, 1.165) is 6.42 Å². The Kier molecular flexibility index (Phi) is 5.93. The number of rotatable bonds is 7. The second-order valence-corrected chi connectivity index (χ2v) is 3.84. The molecule has 1 amide bonds. The molecule has 0 aromatic carbocycles. The van der Waals surface area contributed by atoms with Crippen LogP contribution in [-0.4, -0.2) is 35.7 Å². The maximum absolute atomic E-state index is 11.3. The maximum atomic E-state index is 11.3. The number of amides is 1. The molecule has 0 spiro atoms. The number of hydrogen-bond donors (Lipinski definition) is 2. The van der Waals surface area contributed by atoms with Crippen molar-refractivity contribution in [3.63, 3.8) is 0 Å². The van der Waals surface area contributed by atoms with E-state index in [9.17, 15) is 9.59 Å². The number of carbonyl (C=O) groups is 2. The summed E-state index contributed by atoms with van der Waals surface area (Å²) in [5.74, 6) is -1.36. The Hall–Kier alpha value is -1.10. The van der Waals surface area contributed by atoms with Crippen molar-refractivity contribution in [3.8, 4) is 0 Å². The summed E-state index contributed by atoms with van der Waals surface area (Å²) in [6, 6.07) is 0. The Bertz CT molecular complexity index is 225. The molecule has 2 N–H and O–H groups in total. The molecule has 0 unspecified atom stereocenters. The van der Waals surface area contributed by atoms with Gasteiger partial charge in [-0.1, -0.05) is 6.92 Å². The van der Waals surface area contributed by atoms with E-state index in [0.29, 0.717) is 13.2 Å². The first-order valence-electron chi connectivity index (χ1n) is 5.02. The summed E-state index contributed by atoms with van der Waals surface area (Å²) in [6.45, 7) is 5.82. The monoisotopic (exact) mass is 217 g/mol. The molecule has 0 radical (unpaired) electrons. The highest BCUT2D eigenvalue weighted by Gasteiger charge is 2.28. The quantitative estimate of drug-likeness (QED) is 0.618. The van der Waals surface area contributed by atoms with Gasteiger partial charge in [0.15, 0.2) is 0 Å². The van der Waals surface area contributed by atoms with Gasteiger partial charge in [-0.3, -0.25) is 4.79 Å². The number of carboxylic acids is 1. The van der Waals surface area contributed by atoms with Crippen molar-refractivity contribution >= 4 is 11.9 Å². The van der Waals surface area contributed by atoms with E-state index in [1.807, 2.05) is 6.92 Å². The summed E-state index contributed by atoms with van der Waals surface area (Å²) in [5, 5.41) is 11.2. The van der Waals surface area contributed by atoms with E-state index >= 15 is 0 Å². The summed E-state index contributed by atoms with van der Waals surface area (Å²) in [6.07, 6.45) is 1.10. The van der Waals surface area contributed by atoms with Gasteiger partial charge in [0.05, 0.1) is 6.61 Å². The lowest BCUT2D eigenvalue weighted by atomic mass is 10.1. The van der Waals surface area contributed by atoms with Crippen LogP contribution in [0.15, 0.2) is 0 Å². The molecule has 0 aliphatic rings. The number of ether oxygens (including phenoxy) is 1. The van der Waals surface area contributed by atoms with Gasteiger partial charge in [-0.25, -0.2) is 4.79 Å². The summed E-state index contributed by atoms with van der Waals surface area (Å²) in [4.78, 5) is 22.0. The molecular weight excluding hydrogens is 198 g/mol. The minimum atomic E-state index is -1.22. The van der Waals surface area contributed by atoms with Gasteiger partial charge in [0.25, 0.3) is 0 Å². The average molecular weight is 217 g/mol. The molecule has 0 fully saturated rings. The van der Waals surface area contributed by atoms with Gasteiger partial charge in [-0.2, -0.15) is 0 Å². The number of carbonyl (C=O) groups excluding carboxylic acids is 1. The zero-order valence-electron chi connectivity index (χ0n) is 9.50. The summed E-state index contributed by atoms with van der Waals surface area (Å²) in [7, 11) is 0. The van der Waals surface area contributed by atoms with Gasteiger partial charge >= 0.3 is 5.97 Å². The average Bonchev–Trinajstić information content (AvgIpc) is 2.11. The standard InChI is InChI=1S/C10H19NO4/c1-4-6-15-7-5-8(12)11-10(2,3)9(13)14/h4-7H2,1-3H3,(H,11,12)(H,13,14). The van der Waals surface area contributed by atoms with Crippen molar-refractivity contribution in [1.82, 2.24) is 5.32 Å². The lowest BCUT2D eigenvalue weighted by molar-refractivity contribution is -0.146. The molecule has 0 heterocycles. The van der Waals surface area contributed by atoms with Crippen LogP contribution in [-0.2, 0) is 14.3 Å². The molecule has 5 nitrogen and oxygen atoms in total. The molecule has 5 heteroatoms. The van der Waals surface area contributed by atoms with Gasteiger partial charge in [-0.15, -0.1) is 0 Å². The van der Waals surface area contributed by atoms with Gasteiger partial charge in [0.1, 0.15) is 5.54 Å². The lowest BCUT2D eigenvalue weighted by Crippen LogP contribution is -2.49. The van der Waals surface area contributed by atoms with Crippen molar-refractivity contribution < 1.29 is 19.4 Å². The fraction of sp³-hybridized carbons (Fsp3) is 0.800. The summed E-state index contributed by atoms with van der Waals surface area (Å²) >= 11 is 0. The van der Waals surface area contributed by atoms with E-state index in [2.05, 4.69) is 5.32 Å². The van der Waals surface area contributed by atoms with Crippen LogP contribution in [0.5, 0.6) is 0 Å². The van der Waals surface area contributed by atoms with Crippen LogP contribution in [0.2, 0.25) is 0 Å². The largest absolute Gasteiger partial charge is 0.480 e. The molecular formula is C10H19NO4. The molecule has 0 saturated heterocycles. The number of nitrogens with one attached hydrogen (secondary N) is 1. The van der Waals surface area contributed by atoms with Crippen molar-refractivity contribution in [2.24, 2.45) is 0 Å². The van der Waals surface area contributed by atoms with E-state index in [1.54, 1.807) is 0 Å². The van der Waals surface area contributed by atoms with Gasteiger partial charge in [0.2, 0.25) is 5.91 Å². The Morgan fingerprint density at radius 3 is 2.40 bits per heavy atom. The van der Waals surface area contributed by atoms with Crippen molar-refractivity contribution in [2.75, 3.05) is 13.2 Å². The second kappa shape index (κ2) is 6.40. The molecule has 0 aromatic heterocycles. The van der Waals surface area contributed by atoms with Gasteiger partial charge in [0, 0.05) is 13.0 Å². The molecule has 0 saturated carbocycles. The van der Waals surface area contributed by atoms with Crippen LogP contribution in [0.1, 0.15) is 33.6 Å². The normalized spacial score (nSPS) is 11.1. The molecule has 0 atom stereocenters. The van der Waals surface area contributed by atoms with Crippen LogP contribution in [0, 0.1) is 0 Å². The van der Waals surface area contributed by atoms with E-state index in [4.69, 9.17) is 9.84 Å². The highest BCUT2D eigenvalue weighted by molar-refractivity contribution is 5.86. The smallest absolute Gasteiger partial charge is 0.328 e. The predicted molar refractivity (Wildman–Crippen MR) is 55.6 cm³/mol. The number of carboxylic acid groups (broad SMARTS) is 1. The highest BCUT2D eigenvalue weighted by atomic mass is 16.5. The Balaban J connectivity index is 3.79. The SMILES string of the molecule is CCCOCCC(=O)NC(C)(C)C(=O)O. The Morgan fingerprint density at radius 2 is 1.93 bits per heavy atom. The van der Waals surface area contributed by atoms with Crippen molar-refractivity contribution in [1.29, 1.82) is 0 Å². The maximum Gasteiger partial charge on any atom is 0.328 e. The first kappa shape index (κ1) is 13.9. The molecule has 0 aliphatic carbocycles. The second-order valence-electron chi connectivity index (χ2n) is 3.84. The van der Waals surface area contributed by atoms with Gasteiger partial charge in [-0.05, 0) is 20.3 Å². The Morgan fingerprint density at radius 1 is 1.33 bits per heavy atom. The first-order chi connectivity index (χ1) is 6.90. The highest BCUT2D eigenvalue weighted by Crippen LogP contribution is 2.02. The van der Waals surface area contributed by atoms with Crippen molar-refractivity contribution in [3.05, 3.63) is 0 Å². The van der Waals surface area contributed by atoms with E-state index in [-0.39, 0.29) is 12.3 Å². The van der Waals surface area contributed by atoms with Crippen LogP contribution in [0.3, 0.4) is 0 Å². The molecule has 15 heavy (non-hydrogen) atoms. The molecule has 0 bridgehead atoms. The zero-order valence-corrected chi connectivity index (χ0v) is 9.50. The van der Waals surface area contributed by atoms with Crippen LogP contribution < -0.4 is 5.32 Å². The lowest BCUT2D eigenvalue weighted by Gasteiger charge is -2.20. The van der Waals surface area contributed by atoms with Gasteiger partial charge < -0.3 is 15.2 Å². The topological polar surface area (TPSA) is 75.6 Å². The molecule has 0 rings (SSSR count). The predicted octanol–water partition coefficient (Wildman–Crippen LogP) is 0.782. The van der Waals surface area contributed by atoms with Crippen LogP contribution in [0.4, 0.5) is 0 Å². The third-order valence-electron chi connectivity index (χ3n) is 1.81. The fourth-order valence-corrected chi connectivity index (χ4v) is 0.876. The van der Waals surface area contributed by atoms with Crippen LogP contribution >= 0.6 is 0 Å².